The summed E-state index contributed by atoms with van der Waals surface area (Å²) < 4.78 is 0. The minimum absolute atomic E-state index is 0.0727. The molecule has 146 valence electrons. The summed E-state index contributed by atoms with van der Waals surface area (Å²) in [6.45, 7) is 6.42. The Labute approximate surface area is 165 Å². The molecule has 3 rings (SSSR count). The number of carbonyl (C=O) groups is 2. The molecule has 2 aliphatic rings. The highest BCUT2D eigenvalue weighted by Crippen LogP contribution is 2.31. The van der Waals surface area contributed by atoms with Gasteiger partial charge in [-0.2, -0.15) is 0 Å². The molecule has 2 amide bonds. The second kappa shape index (κ2) is 8.69. The van der Waals surface area contributed by atoms with E-state index in [-0.39, 0.29) is 24.3 Å². The molecule has 0 unspecified atom stereocenters. The third-order valence-corrected chi connectivity index (χ3v) is 4.78. The van der Waals surface area contributed by atoms with Gasteiger partial charge in [0, 0.05) is 43.2 Å². The molecule has 0 saturated heterocycles. The number of rotatable bonds is 7. The lowest BCUT2D eigenvalue weighted by molar-refractivity contribution is -0.135. The van der Waals surface area contributed by atoms with Crippen LogP contribution in [0.15, 0.2) is 60.0 Å². The molecule has 1 N–H and O–H groups in total. The minimum atomic E-state index is -0.198. The Morgan fingerprint density at radius 2 is 2.18 bits per heavy atom. The highest BCUT2D eigenvalue weighted by molar-refractivity contribution is 5.95. The van der Waals surface area contributed by atoms with Gasteiger partial charge in [0.2, 0.25) is 11.8 Å². The number of nitrogens with zero attached hydrogens (tertiary/aromatic N) is 3. The monoisotopic (exact) mass is 378 g/mol. The minimum Gasteiger partial charge on any atom is -0.336 e. The molecule has 1 heterocycles. The number of aliphatic imine (C=N–C) groups is 1. The molecule has 0 aromatic heterocycles. The molecule has 1 aliphatic heterocycles. The Morgan fingerprint density at radius 1 is 1.39 bits per heavy atom. The van der Waals surface area contributed by atoms with Crippen LogP contribution in [0.3, 0.4) is 0 Å². The number of amides is 2. The van der Waals surface area contributed by atoms with Gasteiger partial charge in [-0.05, 0) is 43.5 Å². The summed E-state index contributed by atoms with van der Waals surface area (Å²) in [5.41, 5.74) is 2.46. The molecule has 1 aromatic carbocycles. The zero-order chi connectivity index (χ0) is 20.1. The van der Waals surface area contributed by atoms with Gasteiger partial charge in [-0.1, -0.05) is 24.8 Å². The lowest BCUT2D eigenvalue weighted by Crippen LogP contribution is -2.38. The van der Waals surface area contributed by atoms with E-state index in [4.69, 9.17) is 0 Å². The summed E-state index contributed by atoms with van der Waals surface area (Å²) in [7, 11) is 1.92. The van der Waals surface area contributed by atoms with Crippen LogP contribution < -0.4 is 5.32 Å². The second-order valence-corrected chi connectivity index (χ2v) is 6.93. The van der Waals surface area contributed by atoms with Crippen molar-refractivity contribution < 1.29 is 9.59 Å². The van der Waals surface area contributed by atoms with Crippen LogP contribution in [0.1, 0.15) is 25.3 Å². The third-order valence-electron chi connectivity index (χ3n) is 4.78. The summed E-state index contributed by atoms with van der Waals surface area (Å²) in [5, 5.41) is 2.90. The summed E-state index contributed by atoms with van der Waals surface area (Å²) >= 11 is 0. The van der Waals surface area contributed by atoms with Gasteiger partial charge in [0.25, 0.3) is 0 Å². The fraction of sp³-hybridized carbons (Fsp3) is 0.318. The predicted molar refractivity (Wildman–Crippen MR) is 113 cm³/mol. The number of hydrogen-bond acceptors (Lipinski definition) is 4. The van der Waals surface area contributed by atoms with Gasteiger partial charge in [-0.15, -0.1) is 0 Å². The lowest BCUT2D eigenvalue weighted by Gasteiger charge is -2.21. The molecule has 1 saturated carbocycles. The van der Waals surface area contributed by atoms with Crippen molar-refractivity contribution in [3.05, 3.63) is 60.6 Å². The number of hydrogen-bond donors (Lipinski definition) is 1. The van der Waals surface area contributed by atoms with Crippen molar-refractivity contribution in [1.29, 1.82) is 0 Å². The molecule has 1 aromatic rings. The van der Waals surface area contributed by atoms with Crippen LogP contribution in [0.2, 0.25) is 0 Å². The summed E-state index contributed by atoms with van der Waals surface area (Å²) in [6.07, 6.45) is 9.15. The van der Waals surface area contributed by atoms with E-state index < -0.39 is 0 Å². The van der Waals surface area contributed by atoms with Crippen LogP contribution in [0, 0.1) is 5.92 Å². The van der Waals surface area contributed by atoms with E-state index in [9.17, 15) is 9.59 Å². The zero-order valence-electron chi connectivity index (χ0n) is 16.4. The smallest absolute Gasteiger partial charge is 0.243 e. The number of likely N-dealkylation sites (N-methyl/N-ethyl adjacent to an activating group) is 1. The van der Waals surface area contributed by atoms with E-state index in [2.05, 4.69) is 16.9 Å². The van der Waals surface area contributed by atoms with E-state index in [1.807, 2.05) is 55.4 Å². The zero-order valence-corrected chi connectivity index (χ0v) is 16.4. The lowest BCUT2D eigenvalue weighted by atomic mass is 10.0. The number of allylic oxidation sites excluding steroid dienone is 3. The Balaban J connectivity index is 1.74. The van der Waals surface area contributed by atoms with Crippen LogP contribution in [-0.4, -0.2) is 48.0 Å². The first-order valence-electron chi connectivity index (χ1n) is 9.53. The Hall–Kier alpha value is -3.15. The van der Waals surface area contributed by atoms with E-state index in [1.165, 1.54) is 0 Å². The van der Waals surface area contributed by atoms with Crippen molar-refractivity contribution >= 4 is 29.3 Å². The van der Waals surface area contributed by atoms with Gasteiger partial charge in [-0.25, -0.2) is 4.99 Å². The number of carbonyl (C=O) groups excluding carboxylic acids is 2. The van der Waals surface area contributed by atoms with Gasteiger partial charge >= 0.3 is 0 Å². The summed E-state index contributed by atoms with van der Waals surface area (Å²) in [5.74, 6) is 0.779. The fourth-order valence-electron chi connectivity index (χ4n) is 3.11. The summed E-state index contributed by atoms with van der Waals surface area (Å²) in [6, 6.07) is 7.56. The molecule has 0 radical (unpaired) electrons. The van der Waals surface area contributed by atoms with Crippen LogP contribution >= 0.6 is 0 Å². The second-order valence-electron chi connectivity index (χ2n) is 6.93. The number of benzene rings is 1. The Kier molecular flexibility index (Phi) is 6.09. The maximum atomic E-state index is 12.5. The first-order chi connectivity index (χ1) is 13.5. The largest absolute Gasteiger partial charge is 0.336 e. The highest BCUT2D eigenvalue weighted by atomic mass is 16.2. The van der Waals surface area contributed by atoms with Crippen LogP contribution in [0.4, 0.5) is 5.69 Å². The van der Waals surface area contributed by atoms with Gasteiger partial charge < -0.3 is 15.1 Å². The maximum Gasteiger partial charge on any atom is 0.243 e. The quantitative estimate of drug-likeness (QED) is 0.792. The highest BCUT2D eigenvalue weighted by Gasteiger charge is 2.33. The van der Waals surface area contributed by atoms with Gasteiger partial charge in [0.1, 0.15) is 5.82 Å². The first kappa shape index (κ1) is 19.6. The van der Waals surface area contributed by atoms with Crippen molar-refractivity contribution in [2.24, 2.45) is 10.9 Å². The fourth-order valence-corrected chi connectivity index (χ4v) is 3.11. The standard InChI is InChI=1S/C22H26N4O2/c1-4-19(21-23-12-7-13-25(21)3)17-8-6-9-18(14-17)24-20(27)15-26(5-2)22(28)16-10-11-16/h4,6-9,12-14,16H,1,5,10-11,15H2,2-3H3,(H,24,27). The van der Waals surface area contributed by atoms with Crippen molar-refractivity contribution in [3.8, 4) is 0 Å². The number of anilines is 1. The Morgan fingerprint density at radius 3 is 2.82 bits per heavy atom. The predicted octanol–water partition coefficient (Wildman–Crippen LogP) is 3.27. The van der Waals surface area contributed by atoms with Crippen molar-refractivity contribution in [1.82, 2.24) is 9.80 Å². The van der Waals surface area contributed by atoms with Crippen LogP contribution in [0.5, 0.6) is 0 Å². The summed E-state index contributed by atoms with van der Waals surface area (Å²) in [4.78, 5) is 32.6. The Bertz CT molecular complexity index is 865. The molecule has 6 heteroatoms. The molecule has 0 atom stereocenters. The molecule has 0 bridgehead atoms. The molecular formula is C22H26N4O2. The van der Waals surface area contributed by atoms with Crippen molar-refractivity contribution in [2.45, 2.75) is 19.8 Å². The molecule has 0 spiro atoms. The van der Waals surface area contributed by atoms with Crippen molar-refractivity contribution in [3.63, 3.8) is 0 Å². The topological polar surface area (TPSA) is 65.0 Å². The molecule has 6 nitrogen and oxygen atoms in total. The van der Waals surface area contributed by atoms with E-state index in [0.29, 0.717) is 12.2 Å². The normalized spacial score (nSPS) is 17.3. The number of nitrogens with one attached hydrogen (secondary N) is 1. The molecular weight excluding hydrogens is 352 g/mol. The van der Waals surface area contributed by atoms with E-state index in [0.717, 1.165) is 29.8 Å². The van der Waals surface area contributed by atoms with Crippen LogP contribution in [-0.2, 0) is 9.59 Å². The van der Waals surface area contributed by atoms with Gasteiger partial charge in [-0.3, -0.25) is 9.59 Å². The first-order valence-corrected chi connectivity index (χ1v) is 9.53. The van der Waals surface area contributed by atoms with Gasteiger partial charge in [0.15, 0.2) is 0 Å². The average molecular weight is 378 g/mol. The molecule has 1 aliphatic carbocycles. The van der Waals surface area contributed by atoms with E-state index in [1.54, 1.807) is 17.2 Å². The van der Waals surface area contributed by atoms with Crippen LogP contribution in [0.25, 0.3) is 5.57 Å². The third kappa shape index (κ3) is 4.57. The van der Waals surface area contributed by atoms with Crippen molar-refractivity contribution in [2.75, 3.05) is 25.5 Å². The average Bonchev–Trinajstić information content (AvgIpc) is 3.53. The van der Waals surface area contributed by atoms with E-state index >= 15 is 0 Å². The molecule has 28 heavy (non-hydrogen) atoms. The maximum absolute atomic E-state index is 12.5. The molecule has 1 fully saturated rings. The van der Waals surface area contributed by atoms with Gasteiger partial charge in [0.05, 0.1) is 6.54 Å². The SMILES string of the molecule is C=CC(=C1N=CC=CN1C)c1cccc(NC(=O)CN(CC)C(=O)C2CC2)c1.